The minimum absolute atomic E-state index is 0.142. The number of hydrogen-bond acceptors (Lipinski definition) is 8. The summed E-state index contributed by atoms with van der Waals surface area (Å²) >= 11 is 0. The summed E-state index contributed by atoms with van der Waals surface area (Å²) in [4.78, 5) is 24.4. The zero-order chi connectivity index (χ0) is 41.1. The Labute approximate surface area is 337 Å². The number of ether oxygens (including phenoxy) is 6. The monoisotopic (exact) mass is 790 g/mol. The van der Waals surface area contributed by atoms with Crippen LogP contribution in [0, 0.1) is 11.6 Å². The standard InChI is InChI=1S/C24H31FO4.C23H29FO4/c1-3-5-6-7-8-9-17-28-23-15-14-21(18-22(23)25)29-24(26)19-10-12-20(13-11-19)27-16-4-2;1-3-5-6-7-8-9-16-27-22-15-14-20(17-21(22)24)28-23(25)18-10-12-19(13-11-18)26-4-2/h10-15,18H,3-9,16-17H2,1-2H3;10-15,17H,3-9,16H2,1-2H3. The van der Waals surface area contributed by atoms with Crippen molar-refractivity contribution in [1.82, 2.24) is 0 Å². The first-order chi connectivity index (χ1) is 27.8. The van der Waals surface area contributed by atoms with Gasteiger partial charge in [-0.25, -0.2) is 18.4 Å². The van der Waals surface area contributed by atoms with Gasteiger partial charge in [-0.3, -0.25) is 0 Å². The van der Waals surface area contributed by atoms with E-state index >= 15 is 0 Å². The van der Waals surface area contributed by atoms with Gasteiger partial charge in [-0.15, -0.1) is 0 Å². The van der Waals surface area contributed by atoms with Crippen LogP contribution in [0.25, 0.3) is 0 Å². The van der Waals surface area contributed by atoms with Gasteiger partial charge >= 0.3 is 11.9 Å². The molecule has 0 aromatic heterocycles. The van der Waals surface area contributed by atoms with Gasteiger partial charge in [0.15, 0.2) is 23.1 Å². The molecule has 0 bridgehead atoms. The largest absolute Gasteiger partial charge is 0.494 e. The van der Waals surface area contributed by atoms with Gasteiger partial charge in [-0.05, 0) is 99.0 Å². The smallest absolute Gasteiger partial charge is 0.343 e. The van der Waals surface area contributed by atoms with E-state index < -0.39 is 23.6 Å². The van der Waals surface area contributed by atoms with Gasteiger partial charge in [0.2, 0.25) is 0 Å². The van der Waals surface area contributed by atoms with Gasteiger partial charge in [0, 0.05) is 12.1 Å². The molecule has 0 spiro atoms. The van der Waals surface area contributed by atoms with Crippen LogP contribution in [0.5, 0.6) is 34.5 Å². The Morgan fingerprint density at radius 2 is 0.807 bits per heavy atom. The second kappa shape index (κ2) is 27.5. The molecule has 0 fully saturated rings. The van der Waals surface area contributed by atoms with Crippen LogP contribution >= 0.6 is 0 Å². The fourth-order valence-electron chi connectivity index (χ4n) is 5.55. The van der Waals surface area contributed by atoms with E-state index in [-0.39, 0.29) is 23.0 Å². The Balaban J connectivity index is 0.000000306. The van der Waals surface area contributed by atoms with Crippen LogP contribution in [0.15, 0.2) is 84.9 Å². The molecule has 0 saturated carbocycles. The molecule has 0 heterocycles. The molecule has 0 amide bonds. The third kappa shape index (κ3) is 18.1. The number of esters is 2. The van der Waals surface area contributed by atoms with Gasteiger partial charge in [-0.1, -0.05) is 85.0 Å². The van der Waals surface area contributed by atoms with E-state index in [1.807, 2.05) is 13.8 Å². The number of rotatable bonds is 25. The first kappa shape index (κ1) is 46.3. The summed E-state index contributed by atoms with van der Waals surface area (Å²) in [6.07, 6.45) is 14.7. The highest BCUT2D eigenvalue weighted by atomic mass is 19.1. The molecule has 0 aliphatic carbocycles. The predicted molar refractivity (Wildman–Crippen MR) is 220 cm³/mol. The summed E-state index contributed by atoms with van der Waals surface area (Å²) < 4.78 is 60.7. The minimum Gasteiger partial charge on any atom is -0.494 e. The maximum absolute atomic E-state index is 14.2. The average Bonchev–Trinajstić information content (AvgIpc) is 3.21. The van der Waals surface area contributed by atoms with E-state index in [9.17, 15) is 18.4 Å². The van der Waals surface area contributed by atoms with Crippen molar-refractivity contribution in [3.8, 4) is 34.5 Å². The predicted octanol–water partition coefficient (Wildman–Crippen LogP) is 12.8. The SMILES string of the molecule is CCCCCCCCOc1ccc(OC(=O)c2ccc(OCC)cc2)cc1F.CCCCCCCCOc1ccc(OC(=O)c2ccc(OCCC)cc2)cc1F. The third-order valence-electron chi connectivity index (χ3n) is 8.70. The maximum Gasteiger partial charge on any atom is 0.343 e. The number of hydrogen-bond donors (Lipinski definition) is 0. The third-order valence-corrected chi connectivity index (χ3v) is 8.70. The van der Waals surface area contributed by atoms with Crippen LogP contribution < -0.4 is 28.4 Å². The Hall–Kier alpha value is -5.12. The summed E-state index contributed by atoms with van der Waals surface area (Å²) in [6, 6.07) is 21.7. The van der Waals surface area contributed by atoms with Crippen molar-refractivity contribution in [3.05, 3.63) is 108 Å². The van der Waals surface area contributed by atoms with Crippen LogP contribution in [0.4, 0.5) is 8.78 Å². The second-order valence-electron chi connectivity index (χ2n) is 13.5. The zero-order valence-electron chi connectivity index (χ0n) is 34.1. The van der Waals surface area contributed by atoms with E-state index in [0.29, 0.717) is 49.1 Å². The van der Waals surface area contributed by atoms with Crippen LogP contribution in [0.1, 0.15) is 132 Å². The molecule has 0 saturated heterocycles. The summed E-state index contributed by atoms with van der Waals surface area (Å²) in [6.45, 7) is 10.4. The molecule has 4 aromatic carbocycles. The lowest BCUT2D eigenvalue weighted by atomic mass is 10.1. The molecule has 10 heteroatoms. The van der Waals surface area contributed by atoms with Gasteiger partial charge in [0.1, 0.15) is 23.0 Å². The second-order valence-corrected chi connectivity index (χ2v) is 13.5. The average molecular weight is 791 g/mol. The van der Waals surface area contributed by atoms with Crippen molar-refractivity contribution in [2.45, 2.75) is 111 Å². The molecule has 0 radical (unpaired) electrons. The van der Waals surface area contributed by atoms with Gasteiger partial charge in [-0.2, -0.15) is 0 Å². The van der Waals surface area contributed by atoms with E-state index in [4.69, 9.17) is 28.4 Å². The molecule has 0 unspecified atom stereocenters. The molecule has 0 atom stereocenters. The first-order valence-corrected chi connectivity index (χ1v) is 20.5. The highest BCUT2D eigenvalue weighted by Crippen LogP contribution is 2.26. The van der Waals surface area contributed by atoms with Gasteiger partial charge in [0.05, 0.1) is 37.6 Å². The van der Waals surface area contributed by atoms with Gasteiger partial charge in [0.25, 0.3) is 0 Å². The molecular formula is C47H60F2O8. The lowest BCUT2D eigenvalue weighted by molar-refractivity contribution is 0.0724. The van der Waals surface area contributed by atoms with E-state index in [0.717, 1.165) is 32.1 Å². The Kier molecular flexibility index (Phi) is 22.3. The summed E-state index contributed by atoms with van der Waals surface area (Å²) in [5.74, 6) is -0.166. The number of benzene rings is 4. The summed E-state index contributed by atoms with van der Waals surface area (Å²) in [7, 11) is 0. The first-order valence-electron chi connectivity index (χ1n) is 20.5. The molecule has 0 aliphatic rings. The summed E-state index contributed by atoms with van der Waals surface area (Å²) in [5, 5.41) is 0. The Morgan fingerprint density at radius 3 is 1.19 bits per heavy atom. The van der Waals surface area contributed by atoms with Crippen molar-refractivity contribution in [1.29, 1.82) is 0 Å². The molecule has 4 rings (SSSR count). The lowest BCUT2D eigenvalue weighted by Crippen LogP contribution is -2.09. The van der Waals surface area contributed by atoms with Gasteiger partial charge < -0.3 is 28.4 Å². The number of carbonyl (C=O) groups is 2. The van der Waals surface area contributed by atoms with Crippen molar-refractivity contribution >= 4 is 11.9 Å². The lowest BCUT2D eigenvalue weighted by Gasteiger charge is -2.10. The highest BCUT2D eigenvalue weighted by molar-refractivity contribution is 5.91. The molecule has 0 N–H and O–H groups in total. The van der Waals surface area contributed by atoms with Crippen molar-refractivity contribution in [3.63, 3.8) is 0 Å². The molecular weight excluding hydrogens is 731 g/mol. The van der Waals surface area contributed by atoms with Crippen molar-refractivity contribution in [2.75, 3.05) is 26.4 Å². The van der Waals surface area contributed by atoms with Crippen LogP contribution in [-0.2, 0) is 0 Å². The van der Waals surface area contributed by atoms with E-state index in [1.54, 1.807) is 48.5 Å². The van der Waals surface area contributed by atoms with Crippen molar-refractivity contribution in [2.24, 2.45) is 0 Å². The number of carbonyl (C=O) groups excluding carboxylic acids is 2. The number of unbranched alkanes of at least 4 members (excludes halogenated alkanes) is 10. The fourth-order valence-corrected chi connectivity index (χ4v) is 5.55. The molecule has 8 nitrogen and oxygen atoms in total. The highest BCUT2D eigenvalue weighted by Gasteiger charge is 2.13. The van der Waals surface area contributed by atoms with Crippen LogP contribution in [0.3, 0.4) is 0 Å². The van der Waals surface area contributed by atoms with E-state index in [2.05, 4.69) is 13.8 Å². The molecule has 57 heavy (non-hydrogen) atoms. The summed E-state index contributed by atoms with van der Waals surface area (Å²) in [5.41, 5.74) is 0.741. The zero-order valence-corrected chi connectivity index (χ0v) is 34.1. The molecule has 310 valence electrons. The van der Waals surface area contributed by atoms with E-state index in [1.165, 1.54) is 87.8 Å². The Bertz CT molecular complexity index is 1730. The minimum atomic E-state index is -0.553. The quantitative estimate of drug-likeness (QED) is 0.0372. The molecule has 0 aliphatic heterocycles. The van der Waals surface area contributed by atoms with Crippen LogP contribution in [0.2, 0.25) is 0 Å². The normalized spacial score (nSPS) is 10.6. The topological polar surface area (TPSA) is 89.5 Å². The van der Waals surface area contributed by atoms with Crippen LogP contribution in [-0.4, -0.2) is 38.4 Å². The number of halogens is 2. The maximum atomic E-state index is 14.2. The molecule has 4 aromatic rings. The Morgan fingerprint density at radius 1 is 0.421 bits per heavy atom. The van der Waals surface area contributed by atoms with Crippen molar-refractivity contribution < 1.29 is 46.8 Å². The fraction of sp³-hybridized carbons (Fsp3) is 0.447.